The van der Waals surface area contributed by atoms with Gasteiger partial charge in [0.25, 0.3) is 0 Å². The largest absolute Gasteiger partial charge is 0.479 e. The summed E-state index contributed by atoms with van der Waals surface area (Å²) in [4.78, 5) is 10.5. The van der Waals surface area contributed by atoms with E-state index < -0.39 is 12.0 Å². The molecule has 0 aliphatic carbocycles. The van der Waals surface area contributed by atoms with E-state index in [0.717, 1.165) is 0 Å². The van der Waals surface area contributed by atoms with Crippen LogP contribution in [0.4, 0.5) is 0 Å². The second-order valence-electron chi connectivity index (χ2n) is 2.05. The molecule has 3 nitrogen and oxygen atoms in total. The molecule has 0 amide bonds. The number of rotatable bonds is 3. The Morgan fingerprint density at radius 2 is 2.09 bits per heavy atom. The first-order valence-corrected chi connectivity index (χ1v) is 3.53. The quantitative estimate of drug-likeness (QED) is 0.689. The summed E-state index contributed by atoms with van der Waals surface area (Å²) >= 11 is 4.57. The van der Waals surface area contributed by atoms with Crippen molar-refractivity contribution in [2.75, 3.05) is 0 Å². The van der Waals surface area contributed by atoms with Crippen LogP contribution in [0.5, 0.6) is 0 Å². The molecule has 1 aromatic rings. The normalized spacial score (nSPS) is 12.4. The topological polar surface area (TPSA) is 42.2 Å². The van der Waals surface area contributed by atoms with E-state index >= 15 is 0 Å². The number of hydrogen-bond acceptors (Lipinski definition) is 2. The molecule has 1 heterocycles. The predicted octanol–water partition coefficient (Wildman–Crippen LogP) is 1.11. The standard InChI is InChI=1S/C7H7NO2S/c9-7(10)6(5-11)8-3-1-2-4-8/h1-6H,(H,9,10). The van der Waals surface area contributed by atoms with Crippen molar-refractivity contribution in [3.05, 3.63) is 24.5 Å². The Morgan fingerprint density at radius 1 is 1.55 bits per heavy atom. The van der Waals surface area contributed by atoms with Crippen LogP contribution in [0.3, 0.4) is 0 Å². The van der Waals surface area contributed by atoms with Crippen molar-refractivity contribution in [1.29, 1.82) is 0 Å². The lowest BCUT2D eigenvalue weighted by Crippen LogP contribution is -2.17. The third-order valence-electron chi connectivity index (χ3n) is 1.33. The highest BCUT2D eigenvalue weighted by Crippen LogP contribution is 2.03. The number of aliphatic carboxylic acids is 1. The third kappa shape index (κ3) is 1.65. The smallest absolute Gasteiger partial charge is 0.331 e. The molecular formula is C7H7NO2S. The molecule has 0 spiro atoms. The Kier molecular flexibility index (Phi) is 2.38. The van der Waals surface area contributed by atoms with Gasteiger partial charge in [0.15, 0.2) is 6.04 Å². The molecule has 1 aromatic heterocycles. The molecule has 1 atom stereocenters. The van der Waals surface area contributed by atoms with Crippen LogP contribution < -0.4 is 0 Å². The molecule has 0 fully saturated rings. The first kappa shape index (κ1) is 7.94. The van der Waals surface area contributed by atoms with Gasteiger partial charge < -0.3 is 9.67 Å². The van der Waals surface area contributed by atoms with Crippen molar-refractivity contribution in [2.24, 2.45) is 0 Å². The lowest BCUT2D eigenvalue weighted by atomic mass is 10.3. The fraction of sp³-hybridized carbons (Fsp3) is 0.143. The molecule has 1 N–H and O–H groups in total. The van der Waals surface area contributed by atoms with Gasteiger partial charge in [-0.25, -0.2) is 4.79 Å². The number of carbonyl (C=O) groups is 1. The van der Waals surface area contributed by atoms with Gasteiger partial charge in [0.2, 0.25) is 0 Å². The summed E-state index contributed by atoms with van der Waals surface area (Å²) in [5, 5.41) is 9.85. The van der Waals surface area contributed by atoms with Crippen molar-refractivity contribution in [3.8, 4) is 0 Å². The van der Waals surface area contributed by atoms with E-state index in [1.165, 1.54) is 9.93 Å². The van der Waals surface area contributed by atoms with Crippen LogP contribution in [0.15, 0.2) is 24.5 Å². The number of aromatic nitrogens is 1. The molecule has 1 unspecified atom stereocenters. The molecule has 0 saturated heterocycles. The molecule has 1 rings (SSSR count). The zero-order valence-corrected chi connectivity index (χ0v) is 6.49. The van der Waals surface area contributed by atoms with E-state index in [0.29, 0.717) is 0 Å². The number of hydrogen-bond donors (Lipinski definition) is 1. The first-order valence-electron chi connectivity index (χ1n) is 3.06. The summed E-state index contributed by atoms with van der Waals surface area (Å²) in [7, 11) is 0. The van der Waals surface area contributed by atoms with Crippen molar-refractivity contribution < 1.29 is 9.90 Å². The molecule has 11 heavy (non-hydrogen) atoms. The molecular weight excluding hydrogens is 162 g/mol. The summed E-state index contributed by atoms with van der Waals surface area (Å²) in [5.41, 5.74) is 0. The third-order valence-corrected chi connectivity index (χ3v) is 1.59. The Morgan fingerprint density at radius 3 is 2.45 bits per heavy atom. The molecule has 4 heteroatoms. The number of nitrogens with zero attached hydrogens (tertiary/aromatic N) is 1. The van der Waals surface area contributed by atoms with E-state index in [-0.39, 0.29) is 0 Å². The molecule has 58 valence electrons. The Labute approximate surface area is 69.3 Å². The van der Waals surface area contributed by atoms with E-state index in [2.05, 4.69) is 12.2 Å². The van der Waals surface area contributed by atoms with Gasteiger partial charge in [0.05, 0.1) is 0 Å². The van der Waals surface area contributed by atoms with E-state index in [4.69, 9.17) is 5.11 Å². The maximum atomic E-state index is 10.5. The summed E-state index contributed by atoms with van der Waals surface area (Å²) in [6.07, 6.45) is 3.34. The summed E-state index contributed by atoms with van der Waals surface area (Å²) in [5.74, 6) is -0.934. The molecule has 0 saturated carbocycles. The fourth-order valence-electron chi connectivity index (χ4n) is 0.789. The second kappa shape index (κ2) is 3.30. The summed E-state index contributed by atoms with van der Waals surface area (Å²) in [6, 6.07) is 2.80. The molecule has 0 bridgehead atoms. The van der Waals surface area contributed by atoms with Gasteiger partial charge in [-0.3, -0.25) is 0 Å². The van der Waals surface area contributed by atoms with Crippen LogP contribution in [0.25, 0.3) is 0 Å². The number of carboxylic acids is 1. The van der Waals surface area contributed by atoms with Crippen LogP contribution in [0, 0.1) is 0 Å². The highest BCUT2D eigenvalue weighted by atomic mass is 32.1. The zero-order chi connectivity index (χ0) is 8.27. The van der Waals surface area contributed by atoms with Crippen LogP contribution in [-0.4, -0.2) is 21.0 Å². The summed E-state index contributed by atoms with van der Waals surface area (Å²) < 4.78 is 1.54. The monoisotopic (exact) mass is 169 g/mol. The molecule has 0 aliphatic heterocycles. The van der Waals surface area contributed by atoms with E-state index in [1.54, 1.807) is 24.5 Å². The maximum absolute atomic E-state index is 10.5. The average Bonchev–Trinajstić information content (AvgIpc) is 2.40. The minimum Gasteiger partial charge on any atom is -0.479 e. The number of carboxylic acid groups (broad SMARTS) is 1. The van der Waals surface area contributed by atoms with Crippen LogP contribution in [0.1, 0.15) is 6.04 Å². The highest BCUT2D eigenvalue weighted by molar-refractivity contribution is 7.79. The lowest BCUT2D eigenvalue weighted by Gasteiger charge is -2.06. The van der Waals surface area contributed by atoms with Gasteiger partial charge in [0.1, 0.15) is 0 Å². The van der Waals surface area contributed by atoms with Gasteiger partial charge in [-0.1, -0.05) is 12.2 Å². The Bertz CT molecular complexity index is 255. The van der Waals surface area contributed by atoms with Gasteiger partial charge in [0, 0.05) is 17.8 Å². The van der Waals surface area contributed by atoms with E-state index in [9.17, 15) is 4.79 Å². The fourth-order valence-corrected chi connectivity index (χ4v) is 1.05. The average molecular weight is 169 g/mol. The first-order chi connectivity index (χ1) is 5.25. The second-order valence-corrected chi connectivity index (χ2v) is 2.32. The van der Waals surface area contributed by atoms with Gasteiger partial charge in [-0.15, -0.1) is 0 Å². The minimum absolute atomic E-state index is 0.722. The van der Waals surface area contributed by atoms with Crippen molar-refractivity contribution in [1.82, 2.24) is 4.57 Å². The molecule has 0 radical (unpaired) electrons. The number of thiocarbonyl (C=S) groups is 1. The van der Waals surface area contributed by atoms with Crippen molar-refractivity contribution in [2.45, 2.75) is 6.04 Å². The van der Waals surface area contributed by atoms with Crippen LogP contribution in [0.2, 0.25) is 0 Å². The molecule has 0 aromatic carbocycles. The van der Waals surface area contributed by atoms with Gasteiger partial charge >= 0.3 is 5.97 Å². The van der Waals surface area contributed by atoms with Gasteiger partial charge in [-0.2, -0.15) is 0 Å². The van der Waals surface area contributed by atoms with Gasteiger partial charge in [-0.05, 0) is 12.1 Å². The van der Waals surface area contributed by atoms with Crippen molar-refractivity contribution in [3.63, 3.8) is 0 Å². The Hall–Kier alpha value is -1.16. The predicted molar refractivity (Wildman–Crippen MR) is 44.8 cm³/mol. The van der Waals surface area contributed by atoms with Crippen LogP contribution >= 0.6 is 12.2 Å². The highest BCUT2D eigenvalue weighted by Gasteiger charge is 2.13. The Balaban J connectivity index is 2.88. The maximum Gasteiger partial charge on any atom is 0.331 e. The lowest BCUT2D eigenvalue weighted by molar-refractivity contribution is -0.138. The summed E-state index contributed by atoms with van der Waals surface area (Å²) in [6.45, 7) is 0. The zero-order valence-electron chi connectivity index (χ0n) is 5.68. The van der Waals surface area contributed by atoms with Crippen molar-refractivity contribution >= 4 is 23.6 Å². The minimum atomic E-state index is -0.934. The SMILES string of the molecule is O=C(O)C(C=S)n1cccc1. The van der Waals surface area contributed by atoms with Crippen LogP contribution in [-0.2, 0) is 4.79 Å². The molecule has 0 aliphatic rings. The van der Waals surface area contributed by atoms with E-state index in [1.807, 2.05) is 0 Å².